The monoisotopic (exact) mass is 217 g/mol. The molecule has 2 bridgehead atoms. The van der Waals surface area contributed by atoms with E-state index in [0.29, 0.717) is 29.6 Å². The summed E-state index contributed by atoms with van der Waals surface area (Å²) in [5.41, 5.74) is 1.09. The van der Waals surface area contributed by atoms with Crippen molar-refractivity contribution in [2.24, 2.45) is 23.7 Å². The molecule has 1 amide bonds. The van der Waals surface area contributed by atoms with E-state index in [9.17, 15) is 4.79 Å². The fraction of sp³-hybridized carbons (Fsp3) is 0.643. The molecule has 2 nitrogen and oxygen atoms in total. The van der Waals surface area contributed by atoms with Crippen LogP contribution in [0.25, 0.3) is 0 Å². The van der Waals surface area contributed by atoms with Crippen molar-refractivity contribution >= 4 is 5.91 Å². The lowest BCUT2D eigenvalue weighted by molar-refractivity contribution is -0.141. The molecular weight excluding hydrogens is 198 g/mol. The number of fused-ring (bicyclic) bond motifs is 5. The highest BCUT2D eigenvalue weighted by atomic mass is 16.2. The average molecular weight is 217 g/mol. The maximum Gasteiger partial charge on any atom is 0.226 e. The van der Waals surface area contributed by atoms with E-state index >= 15 is 0 Å². The third-order valence-corrected chi connectivity index (χ3v) is 4.41. The van der Waals surface area contributed by atoms with Gasteiger partial charge in [-0.25, -0.2) is 0 Å². The van der Waals surface area contributed by atoms with Crippen molar-refractivity contribution in [3.8, 4) is 0 Å². The van der Waals surface area contributed by atoms with Gasteiger partial charge in [0.15, 0.2) is 0 Å². The van der Waals surface area contributed by atoms with Gasteiger partial charge in [0.1, 0.15) is 0 Å². The normalized spacial score (nSPS) is 40.3. The first-order valence-corrected chi connectivity index (χ1v) is 6.28. The van der Waals surface area contributed by atoms with Gasteiger partial charge in [0, 0.05) is 19.0 Å². The van der Waals surface area contributed by atoms with Crippen molar-refractivity contribution in [2.45, 2.75) is 19.8 Å². The number of piperidine rings is 1. The number of carbonyl (C=O) groups excluding carboxylic acids is 1. The van der Waals surface area contributed by atoms with Gasteiger partial charge < -0.3 is 4.90 Å². The Morgan fingerprint density at radius 1 is 1.50 bits per heavy atom. The van der Waals surface area contributed by atoms with Crippen LogP contribution in [0.15, 0.2) is 24.3 Å². The summed E-state index contributed by atoms with van der Waals surface area (Å²) in [5.74, 6) is 2.56. The highest BCUT2D eigenvalue weighted by Crippen LogP contribution is 2.51. The fourth-order valence-electron chi connectivity index (χ4n) is 3.79. The quantitative estimate of drug-likeness (QED) is 0.650. The van der Waals surface area contributed by atoms with E-state index in [1.807, 2.05) is 11.8 Å². The first-order valence-electron chi connectivity index (χ1n) is 6.28. The molecule has 16 heavy (non-hydrogen) atoms. The molecule has 4 atom stereocenters. The Balaban J connectivity index is 1.79. The lowest BCUT2D eigenvalue weighted by Gasteiger charge is -2.38. The van der Waals surface area contributed by atoms with E-state index in [2.05, 4.69) is 18.7 Å². The maximum atomic E-state index is 12.4. The van der Waals surface area contributed by atoms with Gasteiger partial charge in [-0.05, 0) is 37.5 Å². The number of nitrogens with zero attached hydrogens (tertiary/aromatic N) is 1. The van der Waals surface area contributed by atoms with Gasteiger partial charge in [-0.3, -0.25) is 4.79 Å². The number of likely N-dealkylation sites (tertiary alicyclic amines) is 1. The van der Waals surface area contributed by atoms with Crippen LogP contribution in [0.5, 0.6) is 0 Å². The highest BCUT2D eigenvalue weighted by Gasteiger charge is 2.51. The molecule has 86 valence electrons. The molecule has 2 aliphatic carbocycles. The van der Waals surface area contributed by atoms with E-state index < -0.39 is 0 Å². The summed E-state index contributed by atoms with van der Waals surface area (Å²) in [6, 6.07) is 0. The number of carbonyl (C=O) groups is 1. The summed E-state index contributed by atoms with van der Waals surface area (Å²) < 4.78 is 0. The molecule has 0 radical (unpaired) electrons. The van der Waals surface area contributed by atoms with Gasteiger partial charge >= 0.3 is 0 Å². The van der Waals surface area contributed by atoms with Crippen molar-refractivity contribution in [3.05, 3.63) is 24.3 Å². The van der Waals surface area contributed by atoms with Gasteiger partial charge in [0.2, 0.25) is 5.91 Å². The number of hydrogen-bond donors (Lipinski definition) is 0. The Labute approximate surface area is 97.0 Å². The topological polar surface area (TPSA) is 20.3 Å². The molecule has 1 saturated carbocycles. The predicted octanol–water partition coefficient (Wildman–Crippen LogP) is 2.23. The lowest BCUT2D eigenvalue weighted by atomic mass is 9.77. The van der Waals surface area contributed by atoms with Crippen LogP contribution in [0.2, 0.25) is 0 Å². The first-order chi connectivity index (χ1) is 7.66. The summed E-state index contributed by atoms with van der Waals surface area (Å²) in [7, 11) is 0. The Bertz CT molecular complexity index is 371. The minimum Gasteiger partial charge on any atom is -0.338 e. The van der Waals surface area contributed by atoms with Crippen LogP contribution < -0.4 is 0 Å². The van der Waals surface area contributed by atoms with E-state index in [1.165, 1.54) is 12.8 Å². The van der Waals surface area contributed by atoms with Gasteiger partial charge in [0.25, 0.3) is 0 Å². The smallest absolute Gasteiger partial charge is 0.226 e. The summed E-state index contributed by atoms with van der Waals surface area (Å²) in [5, 5.41) is 0. The van der Waals surface area contributed by atoms with Crippen molar-refractivity contribution in [2.75, 3.05) is 13.1 Å². The lowest BCUT2D eigenvalue weighted by Crippen LogP contribution is -2.47. The fourth-order valence-corrected chi connectivity index (χ4v) is 3.79. The molecular formula is C14H19NO. The Morgan fingerprint density at radius 3 is 3.00 bits per heavy atom. The molecule has 0 spiro atoms. The van der Waals surface area contributed by atoms with E-state index in [4.69, 9.17) is 0 Å². The summed E-state index contributed by atoms with van der Waals surface area (Å²) in [6.45, 7) is 7.60. The van der Waals surface area contributed by atoms with Gasteiger partial charge in [-0.2, -0.15) is 0 Å². The Morgan fingerprint density at radius 2 is 2.25 bits per heavy atom. The number of allylic oxidation sites excluding steroid dienone is 2. The number of hydrogen-bond acceptors (Lipinski definition) is 1. The van der Waals surface area contributed by atoms with E-state index in [0.717, 1.165) is 18.7 Å². The molecule has 2 heteroatoms. The third kappa shape index (κ3) is 1.35. The second kappa shape index (κ2) is 3.47. The van der Waals surface area contributed by atoms with Crippen molar-refractivity contribution in [1.29, 1.82) is 0 Å². The molecule has 1 aliphatic heterocycles. The molecule has 1 heterocycles. The minimum absolute atomic E-state index is 0.295. The largest absolute Gasteiger partial charge is 0.338 e. The second-order valence-corrected chi connectivity index (χ2v) is 5.64. The molecule has 2 fully saturated rings. The summed E-state index contributed by atoms with van der Waals surface area (Å²) >= 11 is 0. The average Bonchev–Trinajstić information content (AvgIpc) is 2.81. The van der Waals surface area contributed by atoms with Crippen LogP contribution >= 0.6 is 0 Å². The van der Waals surface area contributed by atoms with E-state index in [1.54, 1.807) is 0 Å². The molecule has 0 aromatic carbocycles. The van der Waals surface area contributed by atoms with Crippen molar-refractivity contribution in [3.63, 3.8) is 0 Å². The van der Waals surface area contributed by atoms with Gasteiger partial charge in [-0.15, -0.1) is 0 Å². The van der Waals surface area contributed by atoms with Crippen LogP contribution in [0.1, 0.15) is 19.8 Å². The Hall–Kier alpha value is -1.05. The van der Waals surface area contributed by atoms with Gasteiger partial charge in [-0.1, -0.05) is 24.3 Å². The molecule has 0 aromatic heterocycles. The molecule has 0 unspecified atom stereocenters. The van der Waals surface area contributed by atoms with Crippen molar-refractivity contribution < 1.29 is 4.79 Å². The summed E-state index contributed by atoms with van der Waals surface area (Å²) in [4.78, 5) is 14.4. The van der Waals surface area contributed by atoms with Crippen LogP contribution in [0.3, 0.4) is 0 Å². The van der Waals surface area contributed by atoms with Crippen molar-refractivity contribution in [1.82, 2.24) is 4.90 Å². The summed E-state index contributed by atoms with van der Waals surface area (Å²) in [6.07, 6.45) is 7.03. The predicted molar refractivity (Wildman–Crippen MR) is 63.7 cm³/mol. The molecule has 0 aromatic rings. The number of amides is 1. The van der Waals surface area contributed by atoms with Crippen LogP contribution in [0, 0.1) is 23.7 Å². The minimum atomic E-state index is 0.295. The van der Waals surface area contributed by atoms with Crippen LogP contribution in [-0.4, -0.2) is 23.9 Å². The third-order valence-electron chi connectivity index (χ3n) is 4.41. The maximum absolute atomic E-state index is 12.4. The first kappa shape index (κ1) is 10.1. The molecule has 3 rings (SSSR count). The second-order valence-electron chi connectivity index (χ2n) is 5.64. The van der Waals surface area contributed by atoms with Crippen LogP contribution in [0.4, 0.5) is 0 Å². The SMILES string of the molecule is C=C(C)CN1CC[C@H]2[C@@H](C1=O)[C@H]1C=C[C@@H]2C1. The zero-order valence-corrected chi connectivity index (χ0v) is 9.86. The zero-order chi connectivity index (χ0) is 11.3. The molecule has 3 aliphatic rings. The highest BCUT2D eigenvalue weighted by molar-refractivity contribution is 5.81. The van der Waals surface area contributed by atoms with E-state index in [-0.39, 0.29) is 0 Å². The number of rotatable bonds is 2. The zero-order valence-electron chi connectivity index (χ0n) is 9.86. The van der Waals surface area contributed by atoms with Gasteiger partial charge in [0.05, 0.1) is 0 Å². The van der Waals surface area contributed by atoms with Crippen LogP contribution in [-0.2, 0) is 4.79 Å². The molecule has 1 saturated heterocycles. The molecule has 0 N–H and O–H groups in total. The Kier molecular flexibility index (Phi) is 2.20. The standard InChI is InChI=1S/C14H19NO/c1-9(2)8-15-6-5-12-10-3-4-11(7-10)13(12)14(15)16/h3-4,10-13H,1,5-8H2,2H3/t10-,11+,12-,13+/m1/s1.